The zero-order chi connectivity index (χ0) is 18.5. The molecule has 0 atom stereocenters. The maximum atomic E-state index is 12.1. The summed E-state index contributed by atoms with van der Waals surface area (Å²) in [6.07, 6.45) is 2.22. The number of nitrogens with zero attached hydrogens (tertiary/aromatic N) is 1. The van der Waals surface area contributed by atoms with Crippen molar-refractivity contribution in [1.29, 1.82) is 0 Å². The summed E-state index contributed by atoms with van der Waals surface area (Å²) in [6, 6.07) is 12.5. The Morgan fingerprint density at radius 2 is 1.92 bits per heavy atom. The fourth-order valence-corrected chi connectivity index (χ4v) is 3.03. The molecule has 1 aliphatic rings. The second kappa shape index (κ2) is 7.91. The molecule has 0 aliphatic carbocycles. The summed E-state index contributed by atoms with van der Waals surface area (Å²) in [5, 5.41) is 12.1. The van der Waals surface area contributed by atoms with E-state index in [1.54, 1.807) is 18.2 Å². The highest BCUT2D eigenvalue weighted by Gasteiger charge is 2.18. The van der Waals surface area contributed by atoms with Gasteiger partial charge in [0.1, 0.15) is 5.75 Å². The van der Waals surface area contributed by atoms with Crippen LogP contribution in [0.15, 0.2) is 42.5 Å². The predicted octanol–water partition coefficient (Wildman–Crippen LogP) is 3.31. The normalized spacial score (nSPS) is 13.5. The van der Waals surface area contributed by atoms with Crippen LogP contribution in [0.25, 0.3) is 0 Å². The van der Waals surface area contributed by atoms with Gasteiger partial charge in [-0.3, -0.25) is 4.79 Å². The number of carbonyl (C=O) groups excluding carboxylic acids is 1. The molecule has 136 valence electrons. The van der Waals surface area contributed by atoms with E-state index in [2.05, 4.69) is 10.2 Å². The lowest BCUT2D eigenvalue weighted by molar-refractivity contribution is -0.118. The lowest BCUT2D eigenvalue weighted by Crippen LogP contribution is -2.22. The molecule has 6 nitrogen and oxygen atoms in total. The van der Waals surface area contributed by atoms with Crippen molar-refractivity contribution in [3.63, 3.8) is 0 Å². The van der Waals surface area contributed by atoms with Crippen LogP contribution in [0.1, 0.15) is 28.8 Å². The minimum atomic E-state index is -1.07. The maximum Gasteiger partial charge on any atom is 0.337 e. The van der Waals surface area contributed by atoms with Crippen molar-refractivity contribution in [2.75, 3.05) is 29.9 Å². The molecule has 0 radical (unpaired) electrons. The third-order valence-electron chi connectivity index (χ3n) is 4.34. The Morgan fingerprint density at radius 3 is 2.62 bits per heavy atom. The summed E-state index contributed by atoms with van der Waals surface area (Å²) in [7, 11) is 0. The first kappa shape index (κ1) is 17.8. The lowest BCUT2D eigenvalue weighted by atomic mass is 10.1. The van der Waals surface area contributed by atoms with E-state index in [0.717, 1.165) is 37.2 Å². The molecule has 0 spiro atoms. The van der Waals surface area contributed by atoms with Crippen molar-refractivity contribution >= 4 is 23.3 Å². The quantitative estimate of drug-likeness (QED) is 0.832. The Morgan fingerprint density at radius 1 is 1.15 bits per heavy atom. The minimum Gasteiger partial charge on any atom is -0.484 e. The number of ether oxygens (including phenoxy) is 1. The van der Waals surface area contributed by atoms with E-state index in [1.165, 1.54) is 0 Å². The van der Waals surface area contributed by atoms with Crippen molar-refractivity contribution < 1.29 is 19.4 Å². The van der Waals surface area contributed by atoms with E-state index in [0.29, 0.717) is 5.75 Å². The number of hydrogen-bond donors (Lipinski definition) is 2. The molecule has 1 aliphatic heterocycles. The highest BCUT2D eigenvalue weighted by molar-refractivity contribution is 6.01. The van der Waals surface area contributed by atoms with Crippen molar-refractivity contribution in [3.8, 4) is 5.75 Å². The van der Waals surface area contributed by atoms with Crippen molar-refractivity contribution in [3.05, 3.63) is 53.6 Å². The van der Waals surface area contributed by atoms with Crippen LogP contribution in [0.4, 0.5) is 11.4 Å². The van der Waals surface area contributed by atoms with Gasteiger partial charge in [0, 0.05) is 18.8 Å². The summed E-state index contributed by atoms with van der Waals surface area (Å²) < 4.78 is 5.46. The Labute approximate surface area is 152 Å². The standard InChI is InChI=1S/C20H22N2O4/c1-14-5-4-6-16(11-14)26-13-19(23)21-18-8-7-15(12-17(18)20(24)25)22-9-2-3-10-22/h4-8,11-12H,2-3,9-10,13H2,1H3,(H,21,23)(H,24,25). The van der Waals surface area contributed by atoms with Gasteiger partial charge in [-0.1, -0.05) is 12.1 Å². The van der Waals surface area contributed by atoms with Gasteiger partial charge in [0.2, 0.25) is 0 Å². The van der Waals surface area contributed by atoms with Gasteiger partial charge in [-0.25, -0.2) is 4.79 Å². The number of carboxylic acid groups (broad SMARTS) is 1. The first-order valence-electron chi connectivity index (χ1n) is 8.64. The molecule has 2 aromatic carbocycles. The third-order valence-corrected chi connectivity index (χ3v) is 4.34. The van der Waals surface area contributed by atoms with Crippen molar-refractivity contribution in [1.82, 2.24) is 0 Å². The van der Waals surface area contributed by atoms with Gasteiger partial charge in [-0.05, 0) is 55.7 Å². The number of carboxylic acids is 1. The van der Waals surface area contributed by atoms with Crippen molar-refractivity contribution in [2.24, 2.45) is 0 Å². The zero-order valence-electron chi connectivity index (χ0n) is 14.7. The molecule has 2 aromatic rings. The molecule has 0 unspecified atom stereocenters. The summed E-state index contributed by atoms with van der Waals surface area (Å²) in [5.74, 6) is -0.869. The van der Waals surface area contributed by atoms with E-state index >= 15 is 0 Å². The van der Waals surface area contributed by atoms with Gasteiger partial charge in [-0.2, -0.15) is 0 Å². The third kappa shape index (κ3) is 4.33. The molecule has 2 N–H and O–H groups in total. The Balaban J connectivity index is 1.67. The highest BCUT2D eigenvalue weighted by Crippen LogP contribution is 2.26. The van der Waals surface area contributed by atoms with Crippen molar-refractivity contribution in [2.45, 2.75) is 19.8 Å². The number of carbonyl (C=O) groups is 2. The summed E-state index contributed by atoms with van der Waals surface area (Å²) in [6.45, 7) is 3.61. The molecular formula is C20H22N2O4. The van der Waals surface area contributed by atoms with Gasteiger partial charge < -0.3 is 20.1 Å². The number of amides is 1. The monoisotopic (exact) mass is 354 g/mol. The fraction of sp³-hybridized carbons (Fsp3) is 0.300. The zero-order valence-corrected chi connectivity index (χ0v) is 14.7. The van der Waals surface area contributed by atoms with Gasteiger partial charge >= 0.3 is 5.97 Å². The number of anilines is 2. The van der Waals surface area contributed by atoms with E-state index < -0.39 is 11.9 Å². The number of rotatable bonds is 6. The van der Waals surface area contributed by atoms with Crippen LogP contribution in [0.5, 0.6) is 5.75 Å². The van der Waals surface area contributed by atoms with E-state index in [9.17, 15) is 14.7 Å². The van der Waals surface area contributed by atoms with E-state index in [4.69, 9.17) is 4.74 Å². The lowest BCUT2D eigenvalue weighted by Gasteiger charge is -2.19. The van der Waals surface area contributed by atoms with Crippen LogP contribution < -0.4 is 15.0 Å². The molecule has 6 heteroatoms. The fourth-order valence-electron chi connectivity index (χ4n) is 3.03. The highest BCUT2D eigenvalue weighted by atomic mass is 16.5. The second-order valence-electron chi connectivity index (χ2n) is 6.38. The number of nitrogens with one attached hydrogen (secondary N) is 1. The van der Waals surface area contributed by atoms with Gasteiger partial charge in [0.05, 0.1) is 11.3 Å². The van der Waals surface area contributed by atoms with E-state index in [-0.39, 0.29) is 17.9 Å². The van der Waals surface area contributed by atoms with Gasteiger partial charge in [-0.15, -0.1) is 0 Å². The van der Waals surface area contributed by atoms with Crippen LogP contribution in [0.2, 0.25) is 0 Å². The van der Waals surface area contributed by atoms with Crippen LogP contribution in [-0.4, -0.2) is 36.7 Å². The number of aryl methyl sites for hydroxylation is 1. The summed E-state index contributed by atoms with van der Waals surface area (Å²) in [5.41, 5.74) is 2.26. The number of benzene rings is 2. The Bertz CT molecular complexity index is 813. The molecular weight excluding hydrogens is 332 g/mol. The van der Waals surface area contributed by atoms with E-state index in [1.807, 2.05) is 31.2 Å². The molecule has 0 aromatic heterocycles. The molecule has 1 saturated heterocycles. The second-order valence-corrected chi connectivity index (χ2v) is 6.38. The Hall–Kier alpha value is -3.02. The largest absolute Gasteiger partial charge is 0.484 e. The number of aromatic carboxylic acids is 1. The first-order valence-corrected chi connectivity index (χ1v) is 8.64. The average molecular weight is 354 g/mol. The Kier molecular flexibility index (Phi) is 5.41. The minimum absolute atomic E-state index is 0.0818. The van der Waals surface area contributed by atoms with Gasteiger partial charge in [0.15, 0.2) is 6.61 Å². The summed E-state index contributed by atoms with van der Waals surface area (Å²) in [4.78, 5) is 25.9. The average Bonchev–Trinajstić information content (AvgIpc) is 3.15. The molecule has 1 fully saturated rings. The summed E-state index contributed by atoms with van der Waals surface area (Å²) >= 11 is 0. The van der Waals surface area contributed by atoms with Crippen LogP contribution in [0, 0.1) is 6.92 Å². The molecule has 3 rings (SSSR count). The molecule has 0 bridgehead atoms. The number of hydrogen-bond acceptors (Lipinski definition) is 4. The first-order chi connectivity index (χ1) is 12.5. The SMILES string of the molecule is Cc1cccc(OCC(=O)Nc2ccc(N3CCCC3)cc2C(=O)O)c1. The smallest absolute Gasteiger partial charge is 0.337 e. The predicted molar refractivity (Wildman–Crippen MR) is 100 cm³/mol. The maximum absolute atomic E-state index is 12.1. The topological polar surface area (TPSA) is 78.9 Å². The molecule has 1 heterocycles. The van der Waals surface area contributed by atoms with Gasteiger partial charge in [0.25, 0.3) is 5.91 Å². The molecule has 1 amide bonds. The van der Waals surface area contributed by atoms with Crippen LogP contribution in [-0.2, 0) is 4.79 Å². The molecule has 26 heavy (non-hydrogen) atoms. The van der Waals surface area contributed by atoms with Crippen LogP contribution >= 0.6 is 0 Å². The van der Waals surface area contributed by atoms with Crippen LogP contribution in [0.3, 0.4) is 0 Å². The molecule has 0 saturated carbocycles.